The van der Waals surface area contributed by atoms with E-state index >= 15 is 0 Å². The van der Waals surface area contributed by atoms with Gasteiger partial charge in [0.15, 0.2) is 0 Å². The normalized spacial score (nSPS) is 13.7. The van der Waals surface area contributed by atoms with Crippen LogP contribution in [-0.2, 0) is 4.74 Å². The van der Waals surface area contributed by atoms with E-state index in [4.69, 9.17) is 14.2 Å². The number of benzene rings is 2. The molecule has 0 spiro atoms. The minimum atomic E-state index is -0.425. The summed E-state index contributed by atoms with van der Waals surface area (Å²) in [5, 5.41) is 4.18. The van der Waals surface area contributed by atoms with Crippen molar-refractivity contribution in [2.24, 2.45) is 5.10 Å². The van der Waals surface area contributed by atoms with Gasteiger partial charge >= 0.3 is 12.0 Å². The molecule has 0 atom stereocenters. The van der Waals surface area contributed by atoms with Crippen LogP contribution in [0.25, 0.3) is 0 Å². The van der Waals surface area contributed by atoms with Crippen molar-refractivity contribution in [1.29, 1.82) is 0 Å². The lowest BCUT2D eigenvalue weighted by Gasteiger charge is -2.26. The van der Waals surface area contributed by atoms with Crippen LogP contribution in [0.3, 0.4) is 0 Å². The number of esters is 1. The van der Waals surface area contributed by atoms with Crippen LogP contribution in [0.15, 0.2) is 59.7 Å². The number of rotatable bonds is 7. The number of aromatic nitrogens is 3. The summed E-state index contributed by atoms with van der Waals surface area (Å²) in [4.78, 5) is 27.1. The number of nitrogens with one attached hydrogen (secondary N) is 1. The van der Waals surface area contributed by atoms with E-state index in [1.54, 1.807) is 48.7 Å². The largest absolute Gasteiger partial charge is 0.467 e. The number of morpholine rings is 1. The van der Waals surface area contributed by atoms with Gasteiger partial charge in [-0.25, -0.2) is 10.2 Å². The molecule has 0 unspecified atom stereocenters. The van der Waals surface area contributed by atoms with E-state index in [0.717, 1.165) is 5.56 Å². The average Bonchev–Trinajstić information content (AvgIpc) is 2.85. The van der Waals surface area contributed by atoms with E-state index in [2.05, 4.69) is 25.5 Å². The molecule has 1 N–H and O–H groups in total. The zero-order valence-electron chi connectivity index (χ0n) is 17.5. The fourth-order valence-corrected chi connectivity index (χ4v) is 2.96. The summed E-state index contributed by atoms with van der Waals surface area (Å²) in [6, 6.07) is 16.0. The topological polar surface area (TPSA) is 111 Å². The molecular weight excluding hydrogens is 412 g/mol. The van der Waals surface area contributed by atoms with Crippen molar-refractivity contribution >= 4 is 24.1 Å². The molecule has 4 rings (SSSR count). The first kappa shape index (κ1) is 21.2. The Morgan fingerprint density at radius 1 is 1.09 bits per heavy atom. The Labute approximate surface area is 184 Å². The maximum atomic E-state index is 12.2. The van der Waals surface area contributed by atoms with Crippen LogP contribution < -0.4 is 19.8 Å². The summed E-state index contributed by atoms with van der Waals surface area (Å²) in [6.45, 7) is 2.59. The molecule has 0 bridgehead atoms. The van der Waals surface area contributed by atoms with Gasteiger partial charge in [-0.1, -0.05) is 30.3 Å². The molecule has 32 heavy (non-hydrogen) atoms. The molecular formula is C22H22N6O4. The van der Waals surface area contributed by atoms with Gasteiger partial charge in [-0.3, -0.25) is 0 Å². The first-order chi connectivity index (χ1) is 15.7. The highest BCUT2D eigenvalue weighted by molar-refractivity contribution is 5.91. The second-order valence-electron chi connectivity index (χ2n) is 6.74. The first-order valence-corrected chi connectivity index (χ1v) is 10.0. The van der Waals surface area contributed by atoms with Gasteiger partial charge in [0.2, 0.25) is 5.95 Å². The van der Waals surface area contributed by atoms with Crippen LogP contribution in [0.1, 0.15) is 15.9 Å². The van der Waals surface area contributed by atoms with E-state index in [-0.39, 0.29) is 12.0 Å². The Morgan fingerprint density at radius 3 is 2.69 bits per heavy atom. The van der Waals surface area contributed by atoms with Crippen molar-refractivity contribution in [1.82, 2.24) is 15.0 Å². The maximum absolute atomic E-state index is 12.2. The lowest BCUT2D eigenvalue weighted by atomic mass is 10.2. The maximum Gasteiger partial charge on any atom is 0.343 e. The van der Waals surface area contributed by atoms with Crippen LogP contribution in [0, 0.1) is 0 Å². The fourth-order valence-electron chi connectivity index (χ4n) is 2.96. The molecule has 3 aromatic rings. The molecule has 2 heterocycles. The number of anilines is 2. The van der Waals surface area contributed by atoms with E-state index < -0.39 is 5.97 Å². The molecule has 1 aromatic heterocycles. The van der Waals surface area contributed by atoms with Crippen LogP contribution in [-0.4, -0.2) is 60.5 Å². The summed E-state index contributed by atoms with van der Waals surface area (Å²) < 4.78 is 16.0. The predicted octanol–water partition coefficient (Wildman–Crippen LogP) is 2.38. The Bertz CT molecular complexity index is 1090. The number of hydrazone groups is 1. The summed E-state index contributed by atoms with van der Waals surface area (Å²) in [5.74, 6) is 0.735. The second-order valence-corrected chi connectivity index (χ2v) is 6.74. The molecule has 10 nitrogen and oxygen atoms in total. The van der Waals surface area contributed by atoms with Crippen molar-refractivity contribution in [2.75, 3.05) is 43.7 Å². The highest BCUT2D eigenvalue weighted by Crippen LogP contribution is 2.17. The van der Waals surface area contributed by atoms with Crippen LogP contribution >= 0.6 is 0 Å². The van der Waals surface area contributed by atoms with E-state index in [9.17, 15) is 4.79 Å². The number of carbonyl (C=O) groups is 1. The molecule has 1 fully saturated rings. The van der Waals surface area contributed by atoms with Gasteiger partial charge < -0.3 is 19.1 Å². The van der Waals surface area contributed by atoms with Crippen LogP contribution in [0.2, 0.25) is 0 Å². The summed E-state index contributed by atoms with van der Waals surface area (Å²) in [6.07, 6.45) is 1.57. The fraction of sp³-hybridized carbons (Fsp3) is 0.227. The minimum Gasteiger partial charge on any atom is -0.467 e. The number of nitrogens with zero attached hydrogens (tertiary/aromatic N) is 5. The molecule has 0 aliphatic carbocycles. The molecule has 164 valence electrons. The minimum absolute atomic E-state index is 0.189. The Morgan fingerprint density at radius 2 is 1.91 bits per heavy atom. The van der Waals surface area contributed by atoms with Crippen LogP contribution in [0.4, 0.5) is 11.9 Å². The van der Waals surface area contributed by atoms with Crippen LogP contribution in [0.5, 0.6) is 11.8 Å². The van der Waals surface area contributed by atoms with Gasteiger partial charge in [0.1, 0.15) is 5.75 Å². The van der Waals surface area contributed by atoms with E-state index in [0.29, 0.717) is 43.6 Å². The molecule has 1 aliphatic heterocycles. The van der Waals surface area contributed by atoms with E-state index in [1.807, 2.05) is 17.0 Å². The van der Waals surface area contributed by atoms with Crippen molar-refractivity contribution in [3.05, 3.63) is 65.7 Å². The average molecular weight is 434 g/mol. The molecule has 0 amide bonds. The van der Waals surface area contributed by atoms with Gasteiger partial charge in [0.05, 0.1) is 32.1 Å². The number of ether oxygens (including phenoxy) is 3. The third-order valence-corrected chi connectivity index (χ3v) is 4.54. The predicted molar refractivity (Wildman–Crippen MR) is 118 cm³/mol. The third kappa shape index (κ3) is 5.55. The zero-order valence-corrected chi connectivity index (χ0v) is 17.5. The zero-order chi connectivity index (χ0) is 22.2. The second kappa shape index (κ2) is 10.3. The molecule has 1 aliphatic rings. The summed E-state index contributed by atoms with van der Waals surface area (Å²) in [7, 11) is 1.49. The number of hydrogen-bond acceptors (Lipinski definition) is 10. The SMILES string of the molecule is COc1nc(NN=Cc2cccc(OC(=O)c3ccccc3)c2)nc(N2CCOCC2)n1. The highest BCUT2D eigenvalue weighted by atomic mass is 16.5. The van der Waals surface area contributed by atoms with Crippen molar-refractivity contribution in [3.63, 3.8) is 0 Å². The van der Waals surface area contributed by atoms with Gasteiger partial charge in [-0.15, -0.1) is 0 Å². The number of hydrogen-bond donors (Lipinski definition) is 1. The quantitative estimate of drug-likeness (QED) is 0.259. The van der Waals surface area contributed by atoms with E-state index in [1.165, 1.54) is 7.11 Å². The third-order valence-electron chi connectivity index (χ3n) is 4.54. The molecule has 2 aromatic carbocycles. The standard InChI is InChI=1S/C22H22N6O4/c1-30-22-25-20(24-21(26-22)28-10-12-31-13-11-28)27-23-15-16-6-5-9-18(14-16)32-19(29)17-7-3-2-4-8-17/h2-9,14-15H,10-13H2,1H3,(H,24,25,26,27). The highest BCUT2D eigenvalue weighted by Gasteiger charge is 2.16. The lowest BCUT2D eigenvalue weighted by molar-refractivity contribution is 0.0734. The molecule has 10 heteroatoms. The molecule has 0 radical (unpaired) electrons. The summed E-state index contributed by atoms with van der Waals surface area (Å²) in [5.41, 5.74) is 4.00. The van der Waals surface area contributed by atoms with Gasteiger partial charge in [-0.2, -0.15) is 20.1 Å². The first-order valence-electron chi connectivity index (χ1n) is 10.0. The van der Waals surface area contributed by atoms with Gasteiger partial charge in [0.25, 0.3) is 5.95 Å². The summed E-state index contributed by atoms with van der Waals surface area (Å²) >= 11 is 0. The molecule has 1 saturated heterocycles. The Balaban J connectivity index is 1.42. The lowest BCUT2D eigenvalue weighted by Crippen LogP contribution is -2.37. The number of methoxy groups -OCH3 is 1. The number of carbonyl (C=O) groups excluding carboxylic acids is 1. The van der Waals surface area contributed by atoms with Crippen molar-refractivity contribution in [3.8, 4) is 11.8 Å². The Hall–Kier alpha value is -4.05. The van der Waals surface area contributed by atoms with Gasteiger partial charge in [-0.05, 0) is 29.8 Å². The monoisotopic (exact) mass is 434 g/mol. The van der Waals surface area contributed by atoms with Crippen molar-refractivity contribution < 1.29 is 19.0 Å². The van der Waals surface area contributed by atoms with Gasteiger partial charge in [0, 0.05) is 13.1 Å². The Kier molecular flexibility index (Phi) is 6.83. The molecule has 0 saturated carbocycles. The van der Waals surface area contributed by atoms with Crippen molar-refractivity contribution in [2.45, 2.75) is 0 Å². The smallest absolute Gasteiger partial charge is 0.343 e.